The number of rotatable bonds is 10. The van der Waals surface area contributed by atoms with Gasteiger partial charge in [0.1, 0.15) is 17.9 Å². The molecule has 0 spiro atoms. The zero-order chi connectivity index (χ0) is 32.2. The number of nitrogens with two attached hydrogens (primary N) is 1. The lowest BCUT2D eigenvalue weighted by atomic mass is 9.89. The van der Waals surface area contributed by atoms with Crippen LogP contribution in [0.5, 0.6) is 5.75 Å². The van der Waals surface area contributed by atoms with Crippen molar-refractivity contribution in [2.75, 3.05) is 26.2 Å². The van der Waals surface area contributed by atoms with Crippen LogP contribution in [-0.2, 0) is 16.2 Å². The van der Waals surface area contributed by atoms with Gasteiger partial charge in [0.25, 0.3) is 11.8 Å². The number of ether oxygens (including phenoxy) is 1. The molecule has 45 heavy (non-hydrogen) atoms. The second kappa shape index (κ2) is 16.1. The normalized spacial score (nSPS) is 17.5. The fourth-order valence-corrected chi connectivity index (χ4v) is 5.76. The Hall–Kier alpha value is -4.29. The van der Waals surface area contributed by atoms with Crippen molar-refractivity contribution in [2.45, 2.75) is 69.4 Å². The van der Waals surface area contributed by atoms with Crippen molar-refractivity contribution < 1.29 is 14.3 Å². The van der Waals surface area contributed by atoms with E-state index in [0.717, 1.165) is 40.8 Å². The fraction of sp³-hybridized carbons (Fsp3) is 0.389. The number of thiol groups is 1. The first-order valence-electron chi connectivity index (χ1n) is 15.6. The first kappa shape index (κ1) is 33.6. The Bertz CT molecular complexity index is 1510. The van der Waals surface area contributed by atoms with E-state index in [2.05, 4.69) is 23.7 Å². The highest BCUT2D eigenvalue weighted by Gasteiger charge is 2.36. The van der Waals surface area contributed by atoms with Gasteiger partial charge in [-0.15, -0.1) is 12.6 Å². The largest absolute Gasteiger partial charge is 0.489 e. The average Bonchev–Trinajstić information content (AvgIpc) is 3.07. The molecule has 2 heterocycles. The number of nitrogens with zero attached hydrogens (tertiary/aromatic N) is 4. The molecule has 0 aromatic heterocycles. The number of aliphatic imine (C=N–C) groups is 1. The lowest BCUT2D eigenvalue weighted by molar-refractivity contribution is -0.128. The number of hydrogen-bond donors (Lipinski definition) is 2. The average molecular weight is 626 g/mol. The van der Waals surface area contributed by atoms with Gasteiger partial charge in [0, 0.05) is 61.3 Å². The molecule has 9 heteroatoms. The number of allylic oxidation sites excluding steroid dienone is 2. The SMILES string of the molecule is CC/C=C(/C=C(/C(=O)N1CCCCC1)c1cc(OCc2ccc(S)cc2)ccc1C)C(=O)N1CCC(C#N)(N=C/C=C\N)CC1. The molecule has 2 fully saturated rings. The van der Waals surface area contributed by atoms with Crippen LogP contribution >= 0.6 is 12.6 Å². The van der Waals surface area contributed by atoms with E-state index < -0.39 is 5.54 Å². The van der Waals surface area contributed by atoms with E-state index in [1.165, 1.54) is 6.20 Å². The molecule has 2 saturated heterocycles. The van der Waals surface area contributed by atoms with Crippen LogP contribution < -0.4 is 10.5 Å². The summed E-state index contributed by atoms with van der Waals surface area (Å²) in [5, 5.41) is 9.85. The van der Waals surface area contributed by atoms with Gasteiger partial charge in [-0.2, -0.15) is 5.26 Å². The molecule has 0 atom stereocenters. The molecule has 0 saturated carbocycles. The van der Waals surface area contributed by atoms with Crippen molar-refractivity contribution >= 4 is 36.2 Å². The van der Waals surface area contributed by atoms with Gasteiger partial charge in [-0.05, 0) is 91.9 Å². The third-order valence-electron chi connectivity index (χ3n) is 8.29. The molecule has 0 radical (unpaired) electrons. The van der Waals surface area contributed by atoms with E-state index in [1.54, 1.807) is 23.3 Å². The number of benzene rings is 2. The number of nitriles is 1. The van der Waals surface area contributed by atoms with E-state index in [1.807, 2.05) is 67.3 Å². The predicted molar refractivity (Wildman–Crippen MR) is 182 cm³/mol. The van der Waals surface area contributed by atoms with Crippen molar-refractivity contribution in [2.24, 2.45) is 10.7 Å². The number of carbonyl (C=O) groups is 2. The smallest absolute Gasteiger partial charge is 0.254 e. The van der Waals surface area contributed by atoms with Crippen LogP contribution in [-0.4, -0.2) is 59.5 Å². The van der Waals surface area contributed by atoms with E-state index in [4.69, 9.17) is 10.5 Å². The van der Waals surface area contributed by atoms with E-state index in [9.17, 15) is 14.9 Å². The Labute approximate surface area is 272 Å². The number of amides is 2. The van der Waals surface area contributed by atoms with Crippen LogP contribution in [0.4, 0.5) is 0 Å². The number of likely N-dealkylation sites (tertiary alicyclic amines) is 2. The maximum atomic E-state index is 14.2. The van der Waals surface area contributed by atoms with Crippen LogP contribution in [0, 0.1) is 18.3 Å². The molecule has 236 valence electrons. The summed E-state index contributed by atoms with van der Waals surface area (Å²) >= 11 is 4.36. The van der Waals surface area contributed by atoms with Gasteiger partial charge in [-0.25, -0.2) is 0 Å². The number of carbonyl (C=O) groups excluding carboxylic acids is 2. The molecule has 2 amide bonds. The quantitative estimate of drug-likeness (QED) is 0.145. The molecule has 8 nitrogen and oxygen atoms in total. The van der Waals surface area contributed by atoms with Crippen LogP contribution in [0.25, 0.3) is 5.57 Å². The highest BCUT2D eigenvalue weighted by Crippen LogP contribution is 2.31. The molecular formula is C36H43N5O3S. The Morgan fingerprint density at radius 1 is 1.04 bits per heavy atom. The fourth-order valence-electron chi connectivity index (χ4n) is 5.61. The Balaban J connectivity index is 1.64. The van der Waals surface area contributed by atoms with Crippen LogP contribution in [0.2, 0.25) is 0 Å². The molecule has 0 unspecified atom stereocenters. The first-order valence-corrected chi connectivity index (χ1v) is 16.1. The summed E-state index contributed by atoms with van der Waals surface area (Å²) in [7, 11) is 0. The zero-order valence-corrected chi connectivity index (χ0v) is 27.1. The van der Waals surface area contributed by atoms with Gasteiger partial charge in [0.05, 0.1) is 6.07 Å². The summed E-state index contributed by atoms with van der Waals surface area (Å²) < 4.78 is 6.15. The van der Waals surface area contributed by atoms with Gasteiger partial charge >= 0.3 is 0 Å². The van der Waals surface area contributed by atoms with Crippen molar-refractivity contribution in [3.8, 4) is 11.8 Å². The molecule has 0 bridgehead atoms. The van der Waals surface area contributed by atoms with E-state index >= 15 is 0 Å². The Morgan fingerprint density at radius 3 is 2.38 bits per heavy atom. The maximum absolute atomic E-state index is 14.2. The van der Waals surface area contributed by atoms with Gasteiger partial charge in [-0.1, -0.05) is 31.2 Å². The molecular weight excluding hydrogens is 582 g/mol. The summed E-state index contributed by atoms with van der Waals surface area (Å²) in [5.74, 6) is 0.401. The summed E-state index contributed by atoms with van der Waals surface area (Å²) in [6.07, 6.45) is 12.6. The first-order chi connectivity index (χ1) is 21.8. The molecule has 2 aromatic rings. The highest BCUT2D eigenvalue weighted by atomic mass is 32.1. The monoisotopic (exact) mass is 625 g/mol. The highest BCUT2D eigenvalue weighted by molar-refractivity contribution is 7.80. The molecule has 0 aliphatic carbocycles. The molecule has 2 aromatic carbocycles. The van der Waals surface area contributed by atoms with Gasteiger partial charge in [-0.3, -0.25) is 14.6 Å². The van der Waals surface area contributed by atoms with Crippen molar-refractivity contribution in [3.63, 3.8) is 0 Å². The zero-order valence-electron chi connectivity index (χ0n) is 26.2. The van der Waals surface area contributed by atoms with Gasteiger partial charge in [0.2, 0.25) is 0 Å². The van der Waals surface area contributed by atoms with Crippen molar-refractivity contribution in [3.05, 3.63) is 89.2 Å². The minimum absolute atomic E-state index is 0.0847. The van der Waals surface area contributed by atoms with Gasteiger partial charge in [0.15, 0.2) is 0 Å². The van der Waals surface area contributed by atoms with Crippen LogP contribution in [0.3, 0.4) is 0 Å². The molecule has 4 rings (SSSR count). The van der Waals surface area contributed by atoms with Crippen LogP contribution in [0.1, 0.15) is 62.1 Å². The number of piperidine rings is 2. The van der Waals surface area contributed by atoms with Crippen LogP contribution in [0.15, 0.2) is 82.4 Å². The number of hydrogen-bond acceptors (Lipinski definition) is 7. The van der Waals surface area contributed by atoms with Gasteiger partial charge < -0.3 is 20.3 Å². The maximum Gasteiger partial charge on any atom is 0.254 e. The minimum Gasteiger partial charge on any atom is -0.489 e. The Morgan fingerprint density at radius 2 is 1.73 bits per heavy atom. The Kier molecular flexibility index (Phi) is 12.1. The minimum atomic E-state index is -0.886. The lowest BCUT2D eigenvalue weighted by Gasteiger charge is -2.35. The summed E-state index contributed by atoms with van der Waals surface area (Å²) in [6, 6.07) is 15.9. The second-order valence-electron chi connectivity index (χ2n) is 11.5. The van der Waals surface area contributed by atoms with Crippen molar-refractivity contribution in [1.29, 1.82) is 5.26 Å². The summed E-state index contributed by atoms with van der Waals surface area (Å²) in [4.78, 5) is 37.1. The third kappa shape index (κ3) is 8.89. The third-order valence-corrected chi connectivity index (χ3v) is 8.59. The summed E-state index contributed by atoms with van der Waals surface area (Å²) in [6.45, 7) is 6.48. The number of aryl methyl sites for hydroxylation is 1. The predicted octanol–water partition coefficient (Wildman–Crippen LogP) is 6.02. The lowest BCUT2D eigenvalue weighted by Crippen LogP contribution is -2.45. The second-order valence-corrected chi connectivity index (χ2v) is 12.0. The molecule has 2 aliphatic heterocycles. The molecule has 2 aliphatic rings. The van der Waals surface area contributed by atoms with E-state index in [0.29, 0.717) is 68.9 Å². The standard InChI is InChI=1S/C36H43N5O3S/c1-3-8-29(34(42)41-21-15-36(26-38,16-22-41)39-18-7-17-37)23-33(35(43)40-19-5-4-6-20-40)32-24-30(12-9-27(32)2)44-25-28-10-13-31(45)14-11-28/h7-14,17-18,23-24,45H,3-6,15-16,19-22,25,37H2,1-2H3/b17-7-,29-8-,33-23+,39-18?. The summed E-state index contributed by atoms with van der Waals surface area (Å²) in [5.41, 5.74) is 8.14. The molecule has 2 N–H and O–H groups in total. The van der Waals surface area contributed by atoms with E-state index in [-0.39, 0.29) is 11.8 Å². The van der Waals surface area contributed by atoms with Crippen molar-refractivity contribution in [1.82, 2.24) is 9.80 Å². The topological polar surface area (TPSA) is 112 Å².